The molecule has 36 heavy (non-hydrogen) atoms. The zero-order valence-corrected chi connectivity index (χ0v) is 18.9. The quantitative estimate of drug-likeness (QED) is 0.374. The second-order valence-electron chi connectivity index (χ2n) is 8.51. The fraction of sp³-hybridized carbons (Fsp3) is 0.111. The predicted molar refractivity (Wildman–Crippen MR) is 131 cm³/mol. The molecule has 1 aliphatic heterocycles. The van der Waals surface area contributed by atoms with Crippen molar-refractivity contribution in [2.24, 2.45) is 10.9 Å². The minimum Gasteiger partial charge on any atom is -0.480 e. The number of aliphatic imine (C=N–C) groups is 1. The van der Waals surface area contributed by atoms with Crippen LogP contribution in [0.5, 0.6) is 0 Å². The summed E-state index contributed by atoms with van der Waals surface area (Å²) in [6.45, 7) is 1.50. The third-order valence-corrected chi connectivity index (χ3v) is 6.17. The molecule has 3 N–H and O–H groups in total. The van der Waals surface area contributed by atoms with E-state index in [1.54, 1.807) is 24.3 Å². The summed E-state index contributed by atoms with van der Waals surface area (Å²) in [5.41, 5.74) is 3.49. The summed E-state index contributed by atoms with van der Waals surface area (Å²) in [4.78, 5) is 65.9. The fourth-order valence-electron chi connectivity index (χ4n) is 4.26. The molecule has 0 spiro atoms. The molecular weight excluding hydrogens is 462 g/mol. The highest BCUT2D eigenvalue weighted by Crippen LogP contribution is 2.36. The van der Waals surface area contributed by atoms with Gasteiger partial charge in [0.25, 0.3) is 5.91 Å². The van der Waals surface area contributed by atoms with Gasteiger partial charge in [-0.1, -0.05) is 30.3 Å². The van der Waals surface area contributed by atoms with Crippen molar-refractivity contribution in [3.05, 3.63) is 82.9 Å². The number of aliphatic carboxylic acids is 1. The Kier molecular flexibility index (Phi) is 5.52. The maximum Gasteiger partial charge on any atom is 0.319 e. The number of fused-ring (bicyclic) bond motifs is 4. The normalized spacial score (nSPS) is 16.0. The molecule has 1 unspecified atom stereocenters. The predicted octanol–water partition coefficient (Wildman–Crippen LogP) is 3.25. The van der Waals surface area contributed by atoms with Gasteiger partial charge in [0.05, 0.1) is 5.69 Å². The molecule has 1 aliphatic carbocycles. The lowest BCUT2D eigenvalue weighted by Crippen LogP contribution is -2.41. The molecule has 2 atom stereocenters. The number of carboxylic acid groups (broad SMARTS) is 1. The first-order valence-corrected chi connectivity index (χ1v) is 11.1. The van der Waals surface area contributed by atoms with Crippen LogP contribution in [-0.2, 0) is 9.59 Å². The topological polar surface area (TPSA) is 142 Å². The first-order valence-electron chi connectivity index (χ1n) is 11.1. The summed E-state index contributed by atoms with van der Waals surface area (Å²) in [5.74, 6) is -4.54. The molecule has 2 amide bonds. The number of anilines is 1. The molecule has 9 nitrogen and oxygen atoms in total. The van der Waals surface area contributed by atoms with Gasteiger partial charge in [-0.05, 0) is 48.4 Å². The zero-order valence-electron chi connectivity index (χ0n) is 18.9. The van der Waals surface area contributed by atoms with Crippen molar-refractivity contribution in [1.29, 1.82) is 0 Å². The number of amides is 2. The van der Waals surface area contributed by atoms with Gasteiger partial charge in [0.15, 0.2) is 17.5 Å². The number of Topliss-reactive ketones (excluding diaryl/α,β-unsaturated/α-hetero) is 1. The number of benzene rings is 3. The van der Waals surface area contributed by atoms with Gasteiger partial charge in [0.1, 0.15) is 6.04 Å². The van der Waals surface area contributed by atoms with Gasteiger partial charge in [-0.25, -0.2) is 0 Å². The Morgan fingerprint density at radius 2 is 1.61 bits per heavy atom. The monoisotopic (exact) mass is 481 g/mol. The average Bonchev–Trinajstić information content (AvgIpc) is 3.15. The highest BCUT2D eigenvalue weighted by atomic mass is 16.4. The van der Waals surface area contributed by atoms with Gasteiger partial charge in [-0.3, -0.25) is 29.0 Å². The smallest absolute Gasteiger partial charge is 0.319 e. The summed E-state index contributed by atoms with van der Waals surface area (Å²) in [5, 5.41) is 14.4. The van der Waals surface area contributed by atoms with Crippen LogP contribution in [-0.4, -0.2) is 46.7 Å². The number of hydrogen-bond acceptors (Lipinski definition) is 6. The van der Waals surface area contributed by atoms with E-state index < -0.39 is 35.5 Å². The minimum absolute atomic E-state index is 0.0863. The third kappa shape index (κ3) is 3.86. The number of carbonyl (C=O) groups excluding carboxylic acids is 4. The molecular formula is C27H19N3O6. The SMILES string of the molecule is C[C@H](NC(=O)c1ccc2c(c1)C(=O)c1ccccc1-2)C(=O)Nc1ccc2c(c1)C(=O)C(C(=O)O)C=N2. The fourth-order valence-corrected chi connectivity index (χ4v) is 4.26. The van der Waals surface area contributed by atoms with Gasteiger partial charge >= 0.3 is 5.97 Å². The van der Waals surface area contributed by atoms with E-state index in [0.29, 0.717) is 16.8 Å². The Labute approximate surface area is 204 Å². The number of carboxylic acids is 1. The lowest BCUT2D eigenvalue weighted by atomic mass is 9.94. The molecule has 2 aliphatic rings. The maximum absolute atomic E-state index is 12.8. The molecule has 3 aromatic rings. The van der Waals surface area contributed by atoms with E-state index in [-0.39, 0.29) is 22.6 Å². The Balaban J connectivity index is 1.28. The van der Waals surface area contributed by atoms with E-state index in [4.69, 9.17) is 0 Å². The summed E-state index contributed by atoms with van der Waals surface area (Å²) in [6, 6.07) is 15.5. The molecule has 0 aromatic heterocycles. The second-order valence-corrected chi connectivity index (χ2v) is 8.51. The number of nitrogens with zero attached hydrogens (tertiary/aromatic N) is 1. The van der Waals surface area contributed by atoms with E-state index in [1.807, 2.05) is 12.1 Å². The Bertz CT molecular complexity index is 1520. The summed E-state index contributed by atoms with van der Waals surface area (Å²) < 4.78 is 0. The van der Waals surface area contributed by atoms with E-state index in [9.17, 15) is 29.1 Å². The summed E-state index contributed by atoms with van der Waals surface area (Å²) >= 11 is 0. The van der Waals surface area contributed by atoms with E-state index in [0.717, 1.165) is 17.3 Å². The Hall–Kier alpha value is -4.92. The van der Waals surface area contributed by atoms with Crippen molar-refractivity contribution < 1.29 is 29.1 Å². The molecule has 5 rings (SSSR count). The number of nitrogens with one attached hydrogen (secondary N) is 2. The van der Waals surface area contributed by atoms with Crippen molar-refractivity contribution in [3.8, 4) is 11.1 Å². The standard InChI is InChI=1S/C27H19N3O6/c1-13(25(33)30-15-7-9-22-20(11-15)24(32)21(12-28-22)27(35)36)29-26(34)14-6-8-17-16-4-2-3-5-18(16)23(31)19(17)10-14/h2-13,21H,1H3,(H,29,34)(H,30,33)(H,35,36)/t13-,21?/m0/s1. The lowest BCUT2D eigenvalue weighted by molar-refractivity contribution is -0.137. The van der Waals surface area contributed by atoms with Gasteiger partial charge in [0.2, 0.25) is 5.91 Å². The van der Waals surface area contributed by atoms with Gasteiger partial charge in [-0.2, -0.15) is 0 Å². The molecule has 0 saturated carbocycles. The van der Waals surface area contributed by atoms with E-state index in [2.05, 4.69) is 15.6 Å². The highest BCUT2D eigenvalue weighted by molar-refractivity contribution is 6.23. The summed E-state index contributed by atoms with van der Waals surface area (Å²) in [6.07, 6.45) is 1.08. The number of hydrogen-bond donors (Lipinski definition) is 3. The largest absolute Gasteiger partial charge is 0.480 e. The van der Waals surface area contributed by atoms with E-state index in [1.165, 1.54) is 31.2 Å². The lowest BCUT2D eigenvalue weighted by Gasteiger charge is -2.17. The number of rotatable bonds is 5. The van der Waals surface area contributed by atoms with Crippen molar-refractivity contribution in [2.45, 2.75) is 13.0 Å². The van der Waals surface area contributed by atoms with Crippen LogP contribution >= 0.6 is 0 Å². The van der Waals surface area contributed by atoms with Crippen molar-refractivity contribution in [2.75, 3.05) is 5.32 Å². The van der Waals surface area contributed by atoms with Crippen molar-refractivity contribution >= 4 is 46.9 Å². The molecule has 178 valence electrons. The number of ketones is 2. The molecule has 1 heterocycles. The minimum atomic E-state index is -1.38. The zero-order chi connectivity index (χ0) is 25.6. The molecule has 0 fully saturated rings. The summed E-state index contributed by atoms with van der Waals surface area (Å²) in [7, 11) is 0. The van der Waals surface area contributed by atoms with Crippen LogP contribution in [0.2, 0.25) is 0 Å². The second kappa shape index (κ2) is 8.70. The third-order valence-electron chi connectivity index (χ3n) is 6.17. The Morgan fingerprint density at radius 3 is 2.36 bits per heavy atom. The van der Waals surface area contributed by atoms with Crippen LogP contribution in [0.25, 0.3) is 11.1 Å². The first-order chi connectivity index (χ1) is 17.2. The van der Waals surface area contributed by atoms with Crippen LogP contribution in [0, 0.1) is 5.92 Å². The van der Waals surface area contributed by atoms with Gasteiger partial charge in [0, 0.05) is 34.2 Å². The van der Waals surface area contributed by atoms with Crippen LogP contribution in [0.4, 0.5) is 11.4 Å². The average molecular weight is 481 g/mol. The maximum atomic E-state index is 12.8. The van der Waals surface area contributed by atoms with Crippen LogP contribution in [0.1, 0.15) is 43.6 Å². The Morgan fingerprint density at radius 1 is 0.889 bits per heavy atom. The van der Waals surface area contributed by atoms with Crippen molar-refractivity contribution in [1.82, 2.24) is 5.32 Å². The van der Waals surface area contributed by atoms with Crippen molar-refractivity contribution in [3.63, 3.8) is 0 Å². The highest BCUT2D eigenvalue weighted by Gasteiger charge is 2.31. The molecule has 0 radical (unpaired) electrons. The van der Waals surface area contributed by atoms with Gasteiger partial charge < -0.3 is 15.7 Å². The molecule has 9 heteroatoms. The van der Waals surface area contributed by atoms with Crippen LogP contribution in [0.15, 0.2) is 65.7 Å². The van der Waals surface area contributed by atoms with Gasteiger partial charge in [-0.15, -0.1) is 0 Å². The van der Waals surface area contributed by atoms with E-state index >= 15 is 0 Å². The molecule has 3 aromatic carbocycles. The first kappa shape index (κ1) is 22.9. The molecule has 0 bridgehead atoms. The van der Waals surface area contributed by atoms with Crippen LogP contribution < -0.4 is 10.6 Å². The van der Waals surface area contributed by atoms with Crippen LogP contribution in [0.3, 0.4) is 0 Å². The number of carbonyl (C=O) groups is 5. The molecule has 0 saturated heterocycles.